The van der Waals surface area contributed by atoms with Crippen LogP contribution in [0.1, 0.15) is 27.4 Å². The predicted molar refractivity (Wildman–Crippen MR) is 76.9 cm³/mol. The van der Waals surface area contributed by atoms with Gasteiger partial charge in [0.2, 0.25) is 0 Å². The molecule has 0 bridgehead atoms. The van der Waals surface area contributed by atoms with Crippen LogP contribution in [0.15, 0.2) is 18.2 Å². The minimum Gasteiger partial charge on any atom is -0.478 e. The molecule has 0 spiro atoms. The van der Waals surface area contributed by atoms with Crippen molar-refractivity contribution in [3.8, 4) is 0 Å². The third kappa shape index (κ3) is 5.14. The van der Waals surface area contributed by atoms with Crippen molar-refractivity contribution in [2.45, 2.75) is 12.8 Å². The van der Waals surface area contributed by atoms with E-state index in [-0.39, 0.29) is 5.91 Å². The van der Waals surface area contributed by atoms with Crippen molar-refractivity contribution in [2.24, 2.45) is 5.92 Å². The van der Waals surface area contributed by atoms with Gasteiger partial charge in [0.15, 0.2) is 0 Å². The van der Waals surface area contributed by atoms with E-state index in [0.717, 1.165) is 23.5 Å². The van der Waals surface area contributed by atoms with Crippen molar-refractivity contribution < 1.29 is 19.4 Å². The summed E-state index contributed by atoms with van der Waals surface area (Å²) in [6.07, 6.45) is 5.05. The molecule has 6 heteroatoms. The van der Waals surface area contributed by atoms with Gasteiger partial charge >= 0.3 is 5.97 Å². The van der Waals surface area contributed by atoms with Crippen LogP contribution in [0.3, 0.4) is 0 Å². The second-order valence-corrected chi connectivity index (χ2v) is 5.76. The first-order valence-electron chi connectivity index (χ1n) is 6.52. The van der Waals surface area contributed by atoms with Crippen LogP contribution in [0.25, 0.3) is 6.08 Å². The SMILES string of the molecule is O=C(O)/C=C/c1ccc(C(=O)NCCOCC2CC2)s1. The maximum atomic E-state index is 11.8. The first-order chi connectivity index (χ1) is 9.65. The summed E-state index contributed by atoms with van der Waals surface area (Å²) in [4.78, 5) is 23.5. The molecule has 0 unspecified atom stereocenters. The third-order valence-electron chi connectivity index (χ3n) is 2.82. The van der Waals surface area contributed by atoms with Crippen molar-refractivity contribution >= 4 is 29.3 Å². The van der Waals surface area contributed by atoms with Crippen LogP contribution in [-0.2, 0) is 9.53 Å². The summed E-state index contributed by atoms with van der Waals surface area (Å²) in [5, 5.41) is 11.3. The van der Waals surface area contributed by atoms with E-state index < -0.39 is 5.97 Å². The number of hydrogen-bond donors (Lipinski definition) is 2. The number of thiophene rings is 1. The first kappa shape index (κ1) is 14.7. The summed E-state index contributed by atoms with van der Waals surface area (Å²) >= 11 is 1.26. The van der Waals surface area contributed by atoms with Gasteiger partial charge in [-0.25, -0.2) is 4.79 Å². The number of carboxylic acids is 1. The number of nitrogens with one attached hydrogen (secondary N) is 1. The summed E-state index contributed by atoms with van der Waals surface area (Å²) in [6.45, 7) is 1.81. The molecular weight excluding hydrogens is 278 g/mol. The van der Waals surface area contributed by atoms with E-state index in [1.165, 1.54) is 30.3 Å². The fourth-order valence-electron chi connectivity index (χ4n) is 1.58. The Morgan fingerprint density at radius 1 is 1.45 bits per heavy atom. The summed E-state index contributed by atoms with van der Waals surface area (Å²) < 4.78 is 5.43. The average molecular weight is 295 g/mol. The summed E-state index contributed by atoms with van der Waals surface area (Å²) in [6, 6.07) is 3.41. The fraction of sp³-hybridized carbons (Fsp3) is 0.429. The Morgan fingerprint density at radius 2 is 2.25 bits per heavy atom. The van der Waals surface area contributed by atoms with Gasteiger partial charge in [-0.05, 0) is 37.0 Å². The van der Waals surface area contributed by atoms with Gasteiger partial charge in [0.1, 0.15) is 0 Å². The molecular formula is C14H17NO4S. The largest absolute Gasteiger partial charge is 0.478 e. The Kier molecular flexibility index (Phi) is 5.31. The highest BCUT2D eigenvalue weighted by molar-refractivity contribution is 7.14. The first-order valence-corrected chi connectivity index (χ1v) is 7.33. The minimum absolute atomic E-state index is 0.153. The van der Waals surface area contributed by atoms with Gasteiger partial charge in [-0.3, -0.25) is 4.79 Å². The van der Waals surface area contributed by atoms with Crippen molar-refractivity contribution in [3.05, 3.63) is 28.0 Å². The molecule has 0 aromatic carbocycles. The average Bonchev–Trinajstić information content (AvgIpc) is 3.11. The quantitative estimate of drug-likeness (QED) is 0.568. The number of aliphatic carboxylic acids is 1. The van der Waals surface area contributed by atoms with Crippen molar-refractivity contribution in [2.75, 3.05) is 19.8 Å². The Balaban J connectivity index is 1.69. The molecule has 0 aliphatic heterocycles. The predicted octanol–water partition coefficient (Wildman–Crippen LogP) is 2.00. The van der Waals surface area contributed by atoms with Crippen LogP contribution in [0, 0.1) is 5.92 Å². The number of carbonyl (C=O) groups is 2. The highest BCUT2D eigenvalue weighted by Gasteiger charge is 2.20. The fourth-order valence-corrected chi connectivity index (χ4v) is 2.40. The summed E-state index contributed by atoms with van der Waals surface area (Å²) in [5.41, 5.74) is 0. The minimum atomic E-state index is -1.00. The van der Waals surface area contributed by atoms with E-state index in [4.69, 9.17) is 9.84 Å². The molecule has 1 heterocycles. The van der Waals surface area contributed by atoms with E-state index in [9.17, 15) is 9.59 Å². The maximum absolute atomic E-state index is 11.8. The molecule has 1 aliphatic carbocycles. The second-order valence-electron chi connectivity index (χ2n) is 4.65. The smallest absolute Gasteiger partial charge is 0.328 e. The summed E-state index contributed by atoms with van der Waals surface area (Å²) in [7, 11) is 0. The molecule has 1 aromatic heterocycles. The lowest BCUT2D eigenvalue weighted by molar-refractivity contribution is -0.131. The van der Waals surface area contributed by atoms with Gasteiger partial charge in [-0.2, -0.15) is 0 Å². The van der Waals surface area contributed by atoms with Crippen molar-refractivity contribution in [1.82, 2.24) is 5.32 Å². The summed E-state index contributed by atoms with van der Waals surface area (Å²) in [5.74, 6) is -0.427. The number of ether oxygens (including phenoxy) is 1. The lowest BCUT2D eigenvalue weighted by Gasteiger charge is -2.04. The van der Waals surface area contributed by atoms with Gasteiger partial charge < -0.3 is 15.2 Å². The van der Waals surface area contributed by atoms with Crippen LogP contribution in [0.4, 0.5) is 0 Å². The Labute approximate surface area is 121 Å². The van der Waals surface area contributed by atoms with Gasteiger partial charge in [0.25, 0.3) is 5.91 Å². The zero-order valence-electron chi connectivity index (χ0n) is 11.0. The zero-order chi connectivity index (χ0) is 14.4. The lowest BCUT2D eigenvalue weighted by Crippen LogP contribution is -2.26. The molecule has 108 valence electrons. The number of hydrogen-bond acceptors (Lipinski definition) is 4. The Morgan fingerprint density at radius 3 is 2.95 bits per heavy atom. The van der Waals surface area contributed by atoms with E-state index in [2.05, 4.69) is 5.32 Å². The highest BCUT2D eigenvalue weighted by Crippen LogP contribution is 2.28. The molecule has 1 fully saturated rings. The van der Waals surface area contributed by atoms with E-state index >= 15 is 0 Å². The highest BCUT2D eigenvalue weighted by atomic mass is 32.1. The molecule has 0 saturated heterocycles. The third-order valence-corrected chi connectivity index (χ3v) is 3.87. The number of amides is 1. The Bertz CT molecular complexity index is 505. The Hall–Kier alpha value is -1.66. The molecule has 2 N–H and O–H groups in total. The molecule has 0 radical (unpaired) electrons. The van der Waals surface area contributed by atoms with Crippen LogP contribution < -0.4 is 5.32 Å². The normalized spacial score (nSPS) is 14.6. The molecule has 0 atom stereocenters. The van der Waals surface area contributed by atoms with E-state index in [1.54, 1.807) is 12.1 Å². The van der Waals surface area contributed by atoms with E-state index in [0.29, 0.717) is 18.0 Å². The molecule has 1 aromatic rings. The van der Waals surface area contributed by atoms with E-state index in [1.807, 2.05) is 0 Å². The lowest BCUT2D eigenvalue weighted by atomic mass is 10.4. The zero-order valence-corrected chi connectivity index (χ0v) is 11.8. The van der Waals surface area contributed by atoms with Crippen LogP contribution in [-0.4, -0.2) is 36.7 Å². The number of carboxylic acid groups (broad SMARTS) is 1. The van der Waals surface area contributed by atoms with Crippen molar-refractivity contribution in [1.29, 1.82) is 0 Å². The molecule has 1 aliphatic rings. The monoisotopic (exact) mass is 295 g/mol. The van der Waals surface area contributed by atoms with Gasteiger partial charge in [-0.1, -0.05) is 0 Å². The van der Waals surface area contributed by atoms with Crippen LogP contribution in [0.2, 0.25) is 0 Å². The molecule has 5 nitrogen and oxygen atoms in total. The molecule has 20 heavy (non-hydrogen) atoms. The number of carbonyl (C=O) groups excluding carboxylic acids is 1. The molecule has 1 saturated carbocycles. The molecule has 1 amide bonds. The number of rotatable bonds is 8. The van der Waals surface area contributed by atoms with Crippen molar-refractivity contribution in [3.63, 3.8) is 0 Å². The molecule has 2 rings (SSSR count). The second kappa shape index (κ2) is 7.21. The van der Waals surface area contributed by atoms with Gasteiger partial charge in [-0.15, -0.1) is 11.3 Å². The topological polar surface area (TPSA) is 75.6 Å². The van der Waals surface area contributed by atoms with Crippen LogP contribution >= 0.6 is 11.3 Å². The van der Waals surface area contributed by atoms with Gasteiger partial charge in [0.05, 0.1) is 11.5 Å². The van der Waals surface area contributed by atoms with Crippen LogP contribution in [0.5, 0.6) is 0 Å². The van der Waals surface area contributed by atoms with Gasteiger partial charge in [0, 0.05) is 24.1 Å². The standard InChI is InChI=1S/C14H17NO4S/c16-13(17)6-4-11-3-5-12(20-11)14(18)15-7-8-19-9-10-1-2-10/h3-6,10H,1-2,7-9H2,(H,15,18)(H,16,17)/b6-4+. The maximum Gasteiger partial charge on any atom is 0.328 e.